The van der Waals surface area contributed by atoms with E-state index in [1.54, 1.807) is 0 Å². The Balaban J connectivity index is 2.22. The molecular formula is C20H18F3NO6S. The standard InChI is InChI=1S/C20H18F3NO6S/c1-10(25)11-4-5-17(13(21)6-11)31-9-18(26)24-14-8-16(30-20(22)23)15(28-2)7-12(14)19(27)29-3/h4-8,20H,9H2,1-3H3,(H,24,26). The van der Waals surface area contributed by atoms with Crippen molar-refractivity contribution >= 4 is 35.1 Å². The zero-order valence-corrected chi connectivity index (χ0v) is 17.5. The second-order valence-corrected chi connectivity index (χ2v) is 6.97. The molecule has 0 saturated carbocycles. The number of esters is 1. The number of halogens is 3. The minimum Gasteiger partial charge on any atom is -0.493 e. The number of Topliss-reactive ketones (excluding diaryl/α,β-unsaturated/α-hetero) is 1. The topological polar surface area (TPSA) is 90.9 Å². The first-order valence-electron chi connectivity index (χ1n) is 8.64. The van der Waals surface area contributed by atoms with Gasteiger partial charge in [0.25, 0.3) is 0 Å². The van der Waals surface area contributed by atoms with Gasteiger partial charge < -0.3 is 19.5 Å². The molecule has 1 amide bonds. The molecule has 0 heterocycles. The van der Waals surface area contributed by atoms with E-state index in [-0.39, 0.29) is 39.0 Å². The maximum Gasteiger partial charge on any atom is 0.387 e. The predicted octanol–water partition coefficient (Wildman–Crippen LogP) is 4.16. The van der Waals surface area contributed by atoms with E-state index in [0.29, 0.717) is 0 Å². The van der Waals surface area contributed by atoms with Crippen molar-refractivity contribution in [2.75, 3.05) is 25.3 Å². The van der Waals surface area contributed by atoms with Gasteiger partial charge >= 0.3 is 12.6 Å². The number of nitrogens with one attached hydrogen (secondary N) is 1. The van der Waals surface area contributed by atoms with E-state index in [1.165, 1.54) is 26.2 Å². The van der Waals surface area contributed by atoms with E-state index in [4.69, 9.17) is 4.74 Å². The van der Waals surface area contributed by atoms with Crippen LogP contribution in [0.4, 0.5) is 18.9 Å². The molecule has 0 atom stereocenters. The summed E-state index contributed by atoms with van der Waals surface area (Å²) in [5, 5.41) is 2.39. The third kappa shape index (κ3) is 6.38. The summed E-state index contributed by atoms with van der Waals surface area (Å²) < 4.78 is 53.4. The molecule has 0 saturated heterocycles. The number of thioether (sulfide) groups is 1. The third-order valence-corrected chi connectivity index (χ3v) is 4.95. The van der Waals surface area contributed by atoms with Crippen molar-refractivity contribution in [2.24, 2.45) is 0 Å². The largest absolute Gasteiger partial charge is 0.493 e. The number of ketones is 1. The fraction of sp³-hybridized carbons (Fsp3) is 0.250. The van der Waals surface area contributed by atoms with Crippen LogP contribution in [0.1, 0.15) is 27.6 Å². The second kappa shape index (κ2) is 10.7. The average molecular weight is 457 g/mol. The second-order valence-electron chi connectivity index (χ2n) is 5.96. The van der Waals surface area contributed by atoms with E-state index >= 15 is 0 Å². The summed E-state index contributed by atoms with van der Waals surface area (Å²) in [6, 6.07) is 5.95. The van der Waals surface area contributed by atoms with Crippen LogP contribution in [-0.2, 0) is 9.53 Å². The Bertz CT molecular complexity index is 999. The number of methoxy groups -OCH3 is 2. The van der Waals surface area contributed by atoms with Gasteiger partial charge in [-0.25, -0.2) is 9.18 Å². The molecule has 0 fully saturated rings. The minimum atomic E-state index is -3.17. The van der Waals surface area contributed by atoms with Crippen LogP contribution in [0.3, 0.4) is 0 Å². The molecular weight excluding hydrogens is 439 g/mol. The van der Waals surface area contributed by atoms with Gasteiger partial charge in [0.1, 0.15) is 5.82 Å². The molecule has 7 nitrogen and oxygen atoms in total. The highest BCUT2D eigenvalue weighted by molar-refractivity contribution is 8.00. The summed E-state index contributed by atoms with van der Waals surface area (Å²) in [5.41, 5.74) is -0.114. The molecule has 2 aromatic rings. The number of hydrogen-bond acceptors (Lipinski definition) is 7. The number of ether oxygens (including phenoxy) is 3. The van der Waals surface area contributed by atoms with Crippen LogP contribution >= 0.6 is 11.8 Å². The van der Waals surface area contributed by atoms with Crippen molar-refractivity contribution in [3.8, 4) is 11.5 Å². The van der Waals surface area contributed by atoms with Crippen LogP contribution in [0.15, 0.2) is 35.2 Å². The third-order valence-electron chi connectivity index (χ3n) is 3.90. The summed E-state index contributed by atoms with van der Waals surface area (Å²) in [6.45, 7) is -1.87. The molecule has 31 heavy (non-hydrogen) atoms. The van der Waals surface area contributed by atoms with Gasteiger partial charge in [-0.1, -0.05) is 6.07 Å². The van der Waals surface area contributed by atoms with Gasteiger partial charge in [-0.05, 0) is 19.1 Å². The smallest absolute Gasteiger partial charge is 0.387 e. The van der Waals surface area contributed by atoms with Crippen molar-refractivity contribution < 1.29 is 41.8 Å². The molecule has 0 aromatic heterocycles. The van der Waals surface area contributed by atoms with Gasteiger partial charge in [0, 0.05) is 22.6 Å². The normalized spacial score (nSPS) is 10.5. The Morgan fingerprint density at radius 1 is 1.10 bits per heavy atom. The lowest BCUT2D eigenvalue weighted by Gasteiger charge is -2.15. The summed E-state index contributed by atoms with van der Waals surface area (Å²) in [7, 11) is 2.29. The summed E-state index contributed by atoms with van der Waals surface area (Å²) in [5.74, 6) is -3.31. The van der Waals surface area contributed by atoms with Gasteiger partial charge in [0.15, 0.2) is 17.3 Å². The Morgan fingerprint density at radius 3 is 2.35 bits per heavy atom. The van der Waals surface area contributed by atoms with Crippen LogP contribution in [0.2, 0.25) is 0 Å². The highest BCUT2D eigenvalue weighted by Gasteiger charge is 2.21. The van der Waals surface area contributed by atoms with E-state index in [0.717, 1.165) is 37.1 Å². The fourth-order valence-electron chi connectivity index (χ4n) is 2.46. The first kappa shape index (κ1) is 24.1. The van der Waals surface area contributed by atoms with Gasteiger partial charge in [0.2, 0.25) is 5.91 Å². The SMILES string of the molecule is COC(=O)c1cc(OC)c(OC(F)F)cc1NC(=O)CSc1ccc(C(C)=O)cc1F. The van der Waals surface area contributed by atoms with E-state index in [1.807, 2.05) is 0 Å². The number of hydrogen-bond donors (Lipinski definition) is 1. The number of carbonyl (C=O) groups is 3. The van der Waals surface area contributed by atoms with Gasteiger partial charge in [-0.15, -0.1) is 11.8 Å². The van der Waals surface area contributed by atoms with Gasteiger partial charge in [-0.3, -0.25) is 9.59 Å². The number of anilines is 1. The molecule has 0 aliphatic carbocycles. The van der Waals surface area contributed by atoms with Crippen molar-refractivity contribution in [1.82, 2.24) is 0 Å². The molecule has 0 aliphatic rings. The maximum atomic E-state index is 14.1. The lowest BCUT2D eigenvalue weighted by atomic mass is 10.1. The van der Waals surface area contributed by atoms with E-state index in [2.05, 4.69) is 14.8 Å². The zero-order valence-electron chi connectivity index (χ0n) is 16.7. The molecule has 2 aromatic carbocycles. The zero-order chi connectivity index (χ0) is 23.1. The molecule has 1 N–H and O–H groups in total. The lowest BCUT2D eigenvalue weighted by Crippen LogP contribution is -2.18. The molecule has 0 aliphatic heterocycles. The summed E-state index contributed by atoms with van der Waals surface area (Å²) in [6.07, 6.45) is 0. The first-order valence-corrected chi connectivity index (χ1v) is 9.63. The molecule has 0 bridgehead atoms. The molecule has 0 unspecified atom stereocenters. The van der Waals surface area contributed by atoms with Crippen molar-refractivity contribution in [3.05, 3.63) is 47.3 Å². The molecule has 11 heteroatoms. The van der Waals surface area contributed by atoms with Crippen LogP contribution in [-0.4, -0.2) is 44.2 Å². The molecule has 0 radical (unpaired) electrons. The Kier molecular flexibility index (Phi) is 8.31. The van der Waals surface area contributed by atoms with Crippen LogP contribution in [0.5, 0.6) is 11.5 Å². The monoisotopic (exact) mass is 457 g/mol. The number of carbonyl (C=O) groups excluding carboxylic acids is 3. The first-order chi connectivity index (χ1) is 14.7. The van der Waals surface area contributed by atoms with Gasteiger partial charge in [0.05, 0.1) is 31.2 Å². The van der Waals surface area contributed by atoms with E-state index in [9.17, 15) is 27.6 Å². The minimum absolute atomic E-state index is 0.129. The van der Waals surface area contributed by atoms with Crippen LogP contribution in [0.25, 0.3) is 0 Å². The number of rotatable bonds is 9. The fourth-order valence-corrected chi connectivity index (χ4v) is 3.18. The predicted molar refractivity (Wildman–Crippen MR) is 107 cm³/mol. The number of benzene rings is 2. The Labute approximate surface area is 179 Å². The lowest BCUT2D eigenvalue weighted by molar-refractivity contribution is -0.113. The number of alkyl halides is 2. The van der Waals surface area contributed by atoms with Crippen molar-refractivity contribution in [3.63, 3.8) is 0 Å². The Hall–Kier alpha value is -3.21. The molecule has 2 rings (SSSR count). The quantitative estimate of drug-likeness (QED) is 0.344. The molecule has 0 spiro atoms. The summed E-state index contributed by atoms with van der Waals surface area (Å²) >= 11 is 0.847. The summed E-state index contributed by atoms with van der Waals surface area (Å²) in [4.78, 5) is 35.8. The highest BCUT2D eigenvalue weighted by atomic mass is 32.2. The number of amides is 1. The van der Waals surface area contributed by atoms with Crippen molar-refractivity contribution in [1.29, 1.82) is 0 Å². The average Bonchev–Trinajstić information content (AvgIpc) is 2.71. The van der Waals surface area contributed by atoms with E-state index < -0.39 is 30.1 Å². The molecule has 166 valence electrons. The van der Waals surface area contributed by atoms with Gasteiger partial charge in [-0.2, -0.15) is 8.78 Å². The highest BCUT2D eigenvalue weighted by Crippen LogP contribution is 2.35. The van der Waals surface area contributed by atoms with Crippen LogP contribution < -0.4 is 14.8 Å². The van der Waals surface area contributed by atoms with Crippen LogP contribution in [0, 0.1) is 5.82 Å². The maximum absolute atomic E-state index is 14.1. The Morgan fingerprint density at radius 2 is 1.81 bits per heavy atom. The van der Waals surface area contributed by atoms with Crippen molar-refractivity contribution in [2.45, 2.75) is 18.4 Å².